The first-order valence-electron chi connectivity index (χ1n) is 8.45. The SMILES string of the molecule is CC(C)(C)C1=C([Si](C)(C)C)C(=O)C([Si](C)(C)C)=C1[Si](C)(C)C. The van der Waals surface area contributed by atoms with Crippen molar-refractivity contribution in [2.24, 2.45) is 5.41 Å². The van der Waals surface area contributed by atoms with Gasteiger partial charge in [-0.05, 0) is 21.4 Å². The number of Topliss-reactive ketones (excluding diaryl/α,β-unsaturated/α-hetero) is 1. The van der Waals surface area contributed by atoms with Gasteiger partial charge in [0.05, 0.1) is 24.2 Å². The zero-order valence-electron chi connectivity index (χ0n) is 16.9. The Morgan fingerprint density at radius 3 is 1.14 bits per heavy atom. The fraction of sp³-hybridized carbons (Fsp3) is 0.722. The Balaban J connectivity index is 3.94. The van der Waals surface area contributed by atoms with Crippen molar-refractivity contribution < 1.29 is 4.79 Å². The topological polar surface area (TPSA) is 17.1 Å². The molecule has 4 heteroatoms. The minimum Gasteiger partial charge on any atom is -0.290 e. The van der Waals surface area contributed by atoms with Crippen LogP contribution in [-0.4, -0.2) is 30.0 Å². The van der Waals surface area contributed by atoms with Crippen LogP contribution in [0.5, 0.6) is 0 Å². The summed E-state index contributed by atoms with van der Waals surface area (Å²) in [6.07, 6.45) is 0. The van der Waals surface area contributed by atoms with Gasteiger partial charge in [0.2, 0.25) is 0 Å². The first-order chi connectivity index (χ1) is 9.40. The lowest BCUT2D eigenvalue weighted by Crippen LogP contribution is -2.36. The van der Waals surface area contributed by atoms with E-state index in [1.54, 1.807) is 0 Å². The molecule has 0 unspecified atom stereocenters. The highest BCUT2D eigenvalue weighted by Crippen LogP contribution is 2.49. The average molecular weight is 353 g/mol. The first-order valence-corrected chi connectivity index (χ1v) is 19.0. The number of carbonyl (C=O) groups excluding carboxylic acids is 1. The molecule has 22 heavy (non-hydrogen) atoms. The van der Waals surface area contributed by atoms with Crippen molar-refractivity contribution in [3.63, 3.8) is 0 Å². The average Bonchev–Trinajstić information content (AvgIpc) is 2.48. The normalized spacial score (nSPS) is 18.6. The van der Waals surface area contributed by atoms with E-state index in [0.717, 1.165) is 0 Å². The highest BCUT2D eigenvalue weighted by molar-refractivity contribution is 6.98. The molecule has 0 fully saturated rings. The maximum atomic E-state index is 13.5. The van der Waals surface area contributed by atoms with E-state index >= 15 is 0 Å². The molecule has 126 valence electrons. The summed E-state index contributed by atoms with van der Waals surface area (Å²) in [4.78, 5) is 13.5. The molecule has 0 heterocycles. The second-order valence-electron chi connectivity index (χ2n) is 10.8. The van der Waals surface area contributed by atoms with Crippen LogP contribution in [0.4, 0.5) is 0 Å². The van der Waals surface area contributed by atoms with E-state index in [9.17, 15) is 4.79 Å². The molecule has 1 rings (SSSR count). The molecule has 0 aromatic carbocycles. The molecule has 0 N–H and O–H groups in total. The van der Waals surface area contributed by atoms with Crippen LogP contribution in [0, 0.1) is 5.41 Å². The predicted octanol–water partition coefficient (Wildman–Crippen LogP) is 5.84. The number of rotatable bonds is 3. The van der Waals surface area contributed by atoms with E-state index in [0.29, 0.717) is 5.78 Å². The van der Waals surface area contributed by atoms with Crippen LogP contribution in [0.2, 0.25) is 58.9 Å². The quantitative estimate of drug-likeness (QED) is 0.583. The highest BCUT2D eigenvalue weighted by atomic mass is 28.3. The van der Waals surface area contributed by atoms with Gasteiger partial charge in [-0.15, -0.1) is 0 Å². The van der Waals surface area contributed by atoms with Gasteiger partial charge in [-0.3, -0.25) is 4.79 Å². The van der Waals surface area contributed by atoms with Crippen LogP contribution >= 0.6 is 0 Å². The van der Waals surface area contributed by atoms with Crippen LogP contribution in [0.15, 0.2) is 21.2 Å². The third-order valence-corrected chi connectivity index (χ3v) is 10.4. The molecule has 0 saturated heterocycles. The number of carbonyl (C=O) groups is 1. The molecule has 0 spiro atoms. The van der Waals surface area contributed by atoms with E-state index in [-0.39, 0.29) is 5.41 Å². The van der Waals surface area contributed by atoms with E-state index in [2.05, 4.69) is 79.7 Å². The van der Waals surface area contributed by atoms with Gasteiger partial charge in [-0.25, -0.2) is 0 Å². The van der Waals surface area contributed by atoms with Crippen molar-refractivity contribution in [3.05, 3.63) is 21.2 Å². The largest absolute Gasteiger partial charge is 0.290 e. The summed E-state index contributed by atoms with van der Waals surface area (Å²) in [5.74, 6) is 0.431. The summed E-state index contributed by atoms with van der Waals surface area (Å²) in [6.45, 7) is 28.1. The van der Waals surface area contributed by atoms with Crippen molar-refractivity contribution >= 4 is 30.0 Å². The minimum atomic E-state index is -1.67. The second kappa shape index (κ2) is 5.42. The number of ketones is 1. The van der Waals surface area contributed by atoms with E-state index < -0.39 is 24.2 Å². The molecule has 1 aliphatic carbocycles. The molecule has 0 amide bonds. The summed E-state index contributed by atoms with van der Waals surface area (Å²) < 4.78 is 0. The van der Waals surface area contributed by atoms with Crippen molar-refractivity contribution in [1.29, 1.82) is 0 Å². The van der Waals surface area contributed by atoms with Crippen molar-refractivity contribution in [2.45, 2.75) is 79.7 Å². The molecule has 1 aliphatic rings. The summed E-state index contributed by atoms with van der Waals surface area (Å²) in [5.41, 5.74) is 1.50. The van der Waals surface area contributed by atoms with E-state index in [4.69, 9.17) is 0 Å². The number of hydrogen-bond acceptors (Lipinski definition) is 1. The third kappa shape index (κ3) is 3.65. The molecule has 0 aromatic rings. The Morgan fingerprint density at radius 2 is 0.909 bits per heavy atom. The van der Waals surface area contributed by atoms with Crippen molar-refractivity contribution in [2.75, 3.05) is 0 Å². The summed E-state index contributed by atoms with van der Waals surface area (Å²) >= 11 is 0. The summed E-state index contributed by atoms with van der Waals surface area (Å²) in [5, 5.41) is 4.01. The minimum absolute atomic E-state index is 0.0578. The van der Waals surface area contributed by atoms with Crippen LogP contribution in [0.25, 0.3) is 0 Å². The Hall–Kier alpha value is -0.199. The molecule has 0 saturated carbocycles. The van der Waals surface area contributed by atoms with Gasteiger partial charge < -0.3 is 0 Å². The molecule has 0 atom stereocenters. The third-order valence-electron chi connectivity index (χ3n) is 4.20. The molecule has 0 aromatic heterocycles. The Morgan fingerprint density at radius 1 is 0.591 bits per heavy atom. The van der Waals surface area contributed by atoms with Gasteiger partial charge >= 0.3 is 0 Å². The Kier molecular flexibility index (Phi) is 4.89. The van der Waals surface area contributed by atoms with Crippen molar-refractivity contribution in [1.82, 2.24) is 0 Å². The lowest BCUT2D eigenvalue weighted by Gasteiger charge is -2.34. The van der Waals surface area contributed by atoms with Crippen LogP contribution < -0.4 is 0 Å². The standard InChI is InChI=1S/C18H36OSi3/c1-18(2,3)13-15(20(4,5)6)14(19)17(22(10,11)12)16(13)21(7,8)9/h1-12H3. The fourth-order valence-electron chi connectivity index (χ4n) is 3.53. The summed E-state index contributed by atoms with van der Waals surface area (Å²) in [7, 11) is -4.90. The molecular weight excluding hydrogens is 316 g/mol. The van der Waals surface area contributed by atoms with E-state index in [1.165, 1.54) is 21.2 Å². The predicted molar refractivity (Wildman–Crippen MR) is 109 cm³/mol. The zero-order valence-corrected chi connectivity index (χ0v) is 19.9. The Bertz CT molecular complexity index is 503. The molecule has 0 bridgehead atoms. The van der Waals surface area contributed by atoms with Crippen LogP contribution in [0.1, 0.15) is 20.8 Å². The lowest BCUT2D eigenvalue weighted by molar-refractivity contribution is -0.111. The Labute approximate surface area is 141 Å². The van der Waals surface area contributed by atoms with Crippen molar-refractivity contribution in [3.8, 4) is 0 Å². The number of allylic oxidation sites excluding steroid dienone is 4. The maximum Gasteiger partial charge on any atom is 0.177 e. The fourth-order valence-corrected chi connectivity index (χ4v) is 11.9. The van der Waals surface area contributed by atoms with E-state index in [1.807, 2.05) is 0 Å². The maximum absolute atomic E-state index is 13.5. The highest BCUT2D eigenvalue weighted by Gasteiger charge is 2.48. The van der Waals surface area contributed by atoms with Gasteiger partial charge in [0, 0.05) is 0 Å². The van der Waals surface area contributed by atoms with Gasteiger partial charge in [0.25, 0.3) is 0 Å². The van der Waals surface area contributed by atoms with Crippen LogP contribution in [-0.2, 0) is 4.79 Å². The number of hydrogen-bond donors (Lipinski definition) is 0. The van der Waals surface area contributed by atoms with Gasteiger partial charge in [-0.2, -0.15) is 0 Å². The second-order valence-corrected chi connectivity index (χ2v) is 25.8. The van der Waals surface area contributed by atoms with Crippen LogP contribution in [0.3, 0.4) is 0 Å². The monoisotopic (exact) mass is 352 g/mol. The molecule has 0 radical (unpaired) electrons. The molecular formula is C18H36OSi3. The molecule has 1 nitrogen and oxygen atoms in total. The van der Waals surface area contributed by atoms with Gasteiger partial charge in [-0.1, -0.05) is 84.9 Å². The first kappa shape index (κ1) is 19.8. The van der Waals surface area contributed by atoms with Gasteiger partial charge in [0.15, 0.2) is 5.78 Å². The summed E-state index contributed by atoms with van der Waals surface area (Å²) in [6, 6.07) is 0. The zero-order chi connectivity index (χ0) is 17.9. The smallest absolute Gasteiger partial charge is 0.177 e. The molecule has 0 aliphatic heterocycles. The van der Waals surface area contributed by atoms with Gasteiger partial charge in [0.1, 0.15) is 0 Å². The lowest BCUT2D eigenvalue weighted by atomic mass is 9.87.